The second-order valence-corrected chi connectivity index (χ2v) is 5.95. The third-order valence-corrected chi connectivity index (χ3v) is 3.86. The summed E-state index contributed by atoms with van der Waals surface area (Å²) < 4.78 is 49.2. The summed E-state index contributed by atoms with van der Waals surface area (Å²) in [6, 6.07) is 2.14. The van der Waals surface area contributed by atoms with E-state index in [0.717, 1.165) is 25.6 Å². The molecule has 10 heteroatoms. The molecule has 28 heavy (non-hydrogen) atoms. The Hall–Kier alpha value is -3.17. The van der Waals surface area contributed by atoms with Crippen LogP contribution in [0.25, 0.3) is 11.1 Å². The Morgan fingerprint density at radius 1 is 1.07 bits per heavy atom. The zero-order valence-corrected chi connectivity index (χ0v) is 15.6. The van der Waals surface area contributed by atoms with Crippen LogP contribution in [0.5, 0.6) is 5.75 Å². The van der Waals surface area contributed by atoms with Gasteiger partial charge in [0.2, 0.25) is 5.91 Å². The predicted octanol–water partition coefficient (Wildman–Crippen LogP) is 2.59. The van der Waals surface area contributed by atoms with Gasteiger partial charge in [0.1, 0.15) is 11.4 Å². The number of ether oxygens (including phenoxy) is 2. The van der Waals surface area contributed by atoms with Crippen LogP contribution in [0.2, 0.25) is 0 Å². The lowest BCUT2D eigenvalue weighted by Crippen LogP contribution is -2.24. The molecule has 2 aromatic heterocycles. The van der Waals surface area contributed by atoms with Crippen LogP contribution in [0, 0.1) is 0 Å². The van der Waals surface area contributed by atoms with Crippen molar-refractivity contribution in [3.63, 3.8) is 0 Å². The predicted molar refractivity (Wildman–Crippen MR) is 92.8 cm³/mol. The Morgan fingerprint density at radius 3 is 2.29 bits per heavy atom. The van der Waals surface area contributed by atoms with Crippen LogP contribution in [0.4, 0.5) is 13.2 Å². The third kappa shape index (κ3) is 4.56. The van der Waals surface area contributed by atoms with Crippen molar-refractivity contribution in [2.24, 2.45) is 0 Å². The van der Waals surface area contributed by atoms with Crippen molar-refractivity contribution in [2.45, 2.75) is 12.6 Å². The van der Waals surface area contributed by atoms with Crippen LogP contribution in [-0.2, 0) is 22.1 Å². The minimum atomic E-state index is -4.69. The minimum absolute atomic E-state index is 0.0221. The average Bonchev–Trinajstić information content (AvgIpc) is 2.65. The first-order chi connectivity index (χ1) is 13.1. The summed E-state index contributed by atoms with van der Waals surface area (Å²) in [7, 11) is 5.53. The molecule has 0 aliphatic rings. The van der Waals surface area contributed by atoms with E-state index in [1.54, 1.807) is 14.1 Å². The molecule has 2 aromatic rings. The smallest absolute Gasteiger partial charge is 0.433 e. The summed E-state index contributed by atoms with van der Waals surface area (Å²) in [5, 5.41) is 0. The SMILES string of the molecule is COC(=O)c1cnc(CC(=O)N(C)C)cc1-c1cc(C(F)(F)F)ncc1OC. The molecular formula is C18H18F3N3O4. The first-order valence-electron chi connectivity index (χ1n) is 7.97. The van der Waals surface area contributed by atoms with E-state index in [2.05, 4.69) is 9.97 Å². The fourth-order valence-corrected chi connectivity index (χ4v) is 2.37. The molecule has 2 heterocycles. The molecule has 0 unspecified atom stereocenters. The largest absolute Gasteiger partial charge is 0.494 e. The Labute approximate surface area is 159 Å². The molecule has 150 valence electrons. The Balaban J connectivity index is 2.70. The van der Waals surface area contributed by atoms with Crippen molar-refractivity contribution in [1.29, 1.82) is 0 Å². The number of alkyl halides is 3. The van der Waals surface area contributed by atoms with Crippen LogP contribution in [0.3, 0.4) is 0 Å². The number of pyridine rings is 2. The fourth-order valence-electron chi connectivity index (χ4n) is 2.37. The number of hydrogen-bond donors (Lipinski definition) is 0. The van der Waals surface area contributed by atoms with Crippen molar-refractivity contribution in [3.05, 3.63) is 41.5 Å². The van der Waals surface area contributed by atoms with Crippen molar-refractivity contribution in [2.75, 3.05) is 28.3 Å². The third-order valence-electron chi connectivity index (χ3n) is 3.86. The maximum absolute atomic E-state index is 13.1. The highest BCUT2D eigenvalue weighted by Crippen LogP contribution is 2.37. The standard InChI is InChI=1S/C18H18F3N3O4/c1-24(2)16(25)6-10-5-11(13(8-22-10)17(26)28-4)12-7-15(18(19,20)21)23-9-14(12)27-3/h5,7-9H,6H2,1-4H3. The van der Waals surface area contributed by atoms with Gasteiger partial charge in [-0.3, -0.25) is 9.78 Å². The molecule has 0 atom stereocenters. The van der Waals surface area contributed by atoms with Gasteiger partial charge < -0.3 is 14.4 Å². The highest BCUT2D eigenvalue weighted by Gasteiger charge is 2.34. The molecule has 0 aliphatic heterocycles. The second-order valence-electron chi connectivity index (χ2n) is 5.95. The van der Waals surface area contributed by atoms with E-state index in [4.69, 9.17) is 9.47 Å². The number of likely N-dealkylation sites (N-methyl/N-ethyl adjacent to an activating group) is 1. The Kier molecular flexibility index (Phi) is 6.22. The topological polar surface area (TPSA) is 81.6 Å². The van der Waals surface area contributed by atoms with E-state index < -0.39 is 17.8 Å². The molecule has 0 spiro atoms. The molecule has 0 radical (unpaired) electrons. The highest BCUT2D eigenvalue weighted by molar-refractivity contribution is 5.98. The molecule has 0 saturated heterocycles. The minimum Gasteiger partial charge on any atom is -0.494 e. The van der Waals surface area contributed by atoms with E-state index in [9.17, 15) is 22.8 Å². The number of carbonyl (C=O) groups is 2. The summed E-state index contributed by atoms with van der Waals surface area (Å²) in [4.78, 5) is 32.8. The molecule has 1 amide bonds. The lowest BCUT2D eigenvalue weighted by molar-refractivity contribution is -0.141. The van der Waals surface area contributed by atoms with Gasteiger partial charge in [-0.05, 0) is 12.1 Å². The molecule has 0 aromatic carbocycles. The van der Waals surface area contributed by atoms with E-state index in [1.165, 1.54) is 18.1 Å². The molecule has 0 saturated carbocycles. The van der Waals surface area contributed by atoms with Gasteiger partial charge in [-0.15, -0.1) is 0 Å². The van der Waals surface area contributed by atoms with Gasteiger partial charge >= 0.3 is 12.1 Å². The number of hydrogen-bond acceptors (Lipinski definition) is 6. The van der Waals surface area contributed by atoms with Crippen LogP contribution < -0.4 is 4.74 Å². The number of esters is 1. The Bertz CT molecular complexity index is 898. The van der Waals surface area contributed by atoms with Gasteiger partial charge in [-0.25, -0.2) is 9.78 Å². The summed E-state index contributed by atoms with van der Waals surface area (Å²) >= 11 is 0. The first kappa shape index (κ1) is 21.1. The van der Waals surface area contributed by atoms with Crippen LogP contribution in [0.1, 0.15) is 21.7 Å². The zero-order chi connectivity index (χ0) is 21.1. The number of methoxy groups -OCH3 is 2. The van der Waals surface area contributed by atoms with E-state index in [0.29, 0.717) is 0 Å². The summed E-state index contributed by atoms with van der Waals surface area (Å²) in [5.74, 6) is -1.03. The van der Waals surface area contributed by atoms with Crippen molar-refractivity contribution in [1.82, 2.24) is 14.9 Å². The highest BCUT2D eigenvalue weighted by atomic mass is 19.4. The molecule has 0 bridgehead atoms. The normalized spacial score (nSPS) is 11.1. The lowest BCUT2D eigenvalue weighted by atomic mass is 9.99. The molecule has 0 aliphatic carbocycles. The van der Waals surface area contributed by atoms with Crippen molar-refractivity contribution >= 4 is 11.9 Å². The van der Waals surface area contributed by atoms with Crippen molar-refractivity contribution in [3.8, 4) is 16.9 Å². The monoisotopic (exact) mass is 397 g/mol. The molecule has 0 fully saturated rings. The van der Waals surface area contributed by atoms with Gasteiger partial charge in [0.15, 0.2) is 0 Å². The summed E-state index contributed by atoms with van der Waals surface area (Å²) in [6.07, 6.45) is -2.71. The second kappa shape index (κ2) is 8.24. The quantitative estimate of drug-likeness (QED) is 0.722. The molecule has 2 rings (SSSR count). The summed E-state index contributed by atoms with van der Waals surface area (Å²) in [6.45, 7) is 0. The van der Waals surface area contributed by atoms with Gasteiger partial charge in [0.05, 0.1) is 38.1 Å². The molecule has 7 nitrogen and oxygen atoms in total. The maximum Gasteiger partial charge on any atom is 0.433 e. The van der Waals surface area contributed by atoms with E-state index >= 15 is 0 Å². The average molecular weight is 397 g/mol. The number of rotatable bonds is 5. The number of amides is 1. The lowest BCUT2D eigenvalue weighted by Gasteiger charge is -2.16. The first-order valence-corrected chi connectivity index (χ1v) is 7.97. The zero-order valence-electron chi connectivity index (χ0n) is 15.6. The summed E-state index contributed by atoms with van der Waals surface area (Å²) in [5.41, 5.74) is -0.879. The number of aromatic nitrogens is 2. The van der Waals surface area contributed by atoms with E-state index in [-0.39, 0.29) is 40.5 Å². The number of carbonyl (C=O) groups excluding carboxylic acids is 2. The van der Waals surface area contributed by atoms with Gasteiger partial charge in [0, 0.05) is 31.4 Å². The van der Waals surface area contributed by atoms with Gasteiger partial charge in [0.25, 0.3) is 0 Å². The van der Waals surface area contributed by atoms with Crippen LogP contribution >= 0.6 is 0 Å². The number of nitrogens with zero attached hydrogens (tertiary/aromatic N) is 3. The van der Waals surface area contributed by atoms with Gasteiger partial charge in [-0.2, -0.15) is 13.2 Å². The van der Waals surface area contributed by atoms with Crippen molar-refractivity contribution < 1.29 is 32.2 Å². The van der Waals surface area contributed by atoms with Gasteiger partial charge in [-0.1, -0.05) is 0 Å². The van der Waals surface area contributed by atoms with E-state index in [1.807, 2.05) is 0 Å². The molecule has 0 N–H and O–H groups in total. The van der Waals surface area contributed by atoms with Crippen LogP contribution in [-0.4, -0.2) is 55.1 Å². The number of halogens is 3. The van der Waals surface area contributed by atoms with Crippen LogP contribution in [0.15, 0.2) is 24.5 Å². The fraction of sp³-hybridized carbons (Fsp3) is 0.333. The maximum atomic E-state index is 13.1. The molecular weight excluding hydrogens is 379 g/mol. The Morgan fingerprint density at radius 2 is 1.75 bits per heavy atom.